The summed E-state index contributed by atoms with van der Waals surface area (Å²) in [6.07, 6.45) is 0.996. The third-order valence-corrected chi connectivity index (χ3v) is 2.00. The van der Waals surface area contributed by atoms with Gasteiger partial charge in [0.2, 0.25) is 0 Å². The van der Waals surface area contributed by atoms with Gasteiger partial charge in [-0.05, 0) is 24.6 Å². The van der Waals surface area contributed by atoms with Crippen molar-refractivity contribution >= 4 is 0 Å². The molecular formula is C11H17NO. The van der Waals surface area contributed by atoms with Crippen LogP contribution in [0.4, 0.5) is 0 Å². The fourth-order valence-corrected chi connectivity index (χ4v) is 1.25. The van der Waals surface area contributed by atoms with Crippen molar-refractivity contribution in [3.63, 3.8) is 0 Å². The van der Waals surface area contributed by atoms with E-state index < -0.39 is 0 Å². The first-order valence-corrected chi connectivity index (χ1v) is 4.58. The van der Waals surface area contributed by atoms with Gasteiger partial charge < -0.3 is 10.1 Å². The van der Waals surface area contributed by atoms with E-state index in [1.54, 1.807) is 7.11 Å². The number of nitrogens with one attached hydrogen (secondary N) is 1. The molecule has 13 heavy (non-hydrogen) atoms. The van der Waals surface area contributed by atoms with Gasteiger partial charge in [0.15, 0.2) is 0 Å². The Morgan fingerprint density at radius 1 is 1.15 bits per heavy atom. The van der Waals surface area contributed by atoms with Gasteiger partial charge in [-0.2, -0.15) is 0 Å². The first-order valence-electron chi connectivity index (χ1n) is 4.58. The molecule has 0 saturated carbocycles. The minimum absolute atomic E-state index is 0.797. The lowest BCUT2D eigenvalue weighted by Gasteiger charge is -2.02. The van der Waals surface area contributed by atoms with Crippen LogP contribution in [0.15, 0.2) is 24.3 Å². The summed E-state index contributed by atoms with van der Waals surface area (Å²) in [6, 6.07) is 8.63. The van der Waals surface area contributed by atoms with E-state index in [1.807, 2.05) is 7.05 Å². The molecule has 1 N–H and O–H groups in total. The third kappa shape index (κ3) is 3.57. The Balaban J connectivity index is 2.48. The van der Waals surface area contributed by atoms with Gasteiger partial charge in [-0.3, -0.25) is 0 Å². The minimum atomic E-state index is 0.797. The van der Waals surface area contributed by atoms with Gasteiger partial charge in [0.1, 0.15) is 0 Å². The highest BCUT2D eigenvalue weighted by Crippen LogP contribution is 2.04. The van der Waals surface area contributed by atoms with E-state index in [4.69, 9.17) is 4.74 Å². The summed E-state index contributed by atoms with van der Waals surface area (Å²) in [6.45, 7) is 1.73. The lowest BCUT2D eigenvalue weighted by molar-refractivity contribution is 0.202. The van der Waals surface area contributed by atoms with E-state index in [0.29, 0.717) is 0 Å². The summed E-state index contributed by atoms with van der Waals surface area (Å²) in [5.74, 6) is 0. The van der Waals surface area contributed by atoms with Crippen molar-refractivity contribution in [3.05, 3.63) is 35.4 Å². The number of rotatable bonds is 5. The largest absolute Gasteiger partial charge is 0.384 e. The zero-order valence-electron chi connectivity index (χ0n) is 8.34. The number of benzene rings is 1. The molecule has 0 aliphatic carbocycles. The third-order valence-electron chi connectivity index (χ3n) is 2.00. The van der Waals surface area contributed by atoms with Crippen LogP contribution in [0.25, 0.3) is 0 Å². The van der Waals surface area contributed by atoms with Gasteiger partial charge in [-0.25, -0.2) is 0 Å². The lowest BCUT2D eigenvalue weighted by atomic mass is 10.1. The Hall–Kier alpha value is -0.860. The molecule has 1 rings (SSSR count). The molecule has 0 aliphatic heterocycles. The topological polar surface area (TPSA) is 21.3 Å². The monoisotopic (exact) mass is 179 g/mol. The molecule has 1 aromatic rings. The van der Waals surface area contributed by atoms with Crippen LogP contribution in [0, 0.1) is 0 Å². The molecule has 0 amide bonds. The van der Waals surface area contributed by atoms with Gasteiger partial charge >= 0.3 is 0 Å². The molecule has 0 radical (unpaired) electrons. The Kier molecular flexibility index (Phi) is 4.50. The Morgan fingerprint density at radius 3 is 2.31 bits per heavy atom. The minimum Gasteiger partial charge on any atom is -0.384 e. The lowest BCUT2D eigenvalue weighted by Crippen LogP contribution is -2.04. The van der Waals surface area contributed by atoms with Crippen LogP contribution in [-0.4, -0.2) is 20.8 Å². The molecule has 0 unspecified atom stereocenters. The van der Waals surface area contributed by atoms with Crippen molar-refractivity contribution in [1.82, 2.24) is 5.32 Å². The van der Waals surface area contributed by atoms with E-state index >= 15 is 0 Å². The molecule has 2 heteroatoms. The van der Waals surface area contributed by atoms with Crippen molar-refractivity contribution in [2.45, 2.75) is 13.0 Å². The summed E-state index contributed by atoms with van der Waals surface area (Å²) in [5, 5.41) is 3.12. The van der Waals surface area contributed by atoms with Crippen LogP contribution in [-0.2, 0) is 17.7 Å². The molecule has 0 aliphatic rings. The molecule has 0 spiro atoms. The average Bonchev–Trinajstić information content (AvgIpc) is 2.17. The zero-order valence-corrected chi connectivity index (χ0v) is 8.34. The molecule has 0 atom stereocenters. The zero-order chi connectivity index (χ0) is 9.52. The smallest absolute Gasteiger partial charge is 0.0502 e. The summed E-state index contributed by atoms with van der Waals surface area (Å²) in [7, 11) is 3.69. The first-order chi connectivity index (χ1) is 6.36. The highest BCUT2D eigenvalue weighted by Gasteiger charge is 1.93. The molecule has 2 nitrogen and oxygen atoms in total. The van der Waals surface area contributed by atoms with Gasteiger partial charge in [0.25, 0.3) is 0 Å². The molecule has 0 aromatic heterocycles. The maximum atomic E-state index is 5.01. The van der Waals surface area contributed by atoms with E-state index in [1.165, 1.54) is 11.1 Å². The molecule has 0 saturated heterocycles. The van der Waals surface area contributed by atoms with Crippen LogP contribution >= 0.6 is 0 Å². The average molecular weight is 179 g/mol. The SMILES string of the molecule is CNCc1ccc(CCOC)cc1. The van der Waals surface area contributed by atoms with Crippen LogP contribution in [0.3, 0.4) is 0 Å². The summed E-state index contributed by atoms with van der Waals surface area (Å²) >= 11 is 0. The summed E-state index contributed by atoms with van der Waals surface area (Å²) in [4.78, 5) is 0. The maximum absolute atomic E-state index is 5.01. The van der Waals surface area contributed by atoms with Gasteiger partial charge in [-0.1, -0.05) is 24.3 Å². The van der Waals surface area contributed by atoms with Crippen molar-refractivity contribution in [3.8, 4) is 0 Å². The quantitative estimate of drug-likeness (QED) is 0.741. The van der Waals surface area contributed by atoms with Crippen LogP contribution in [0.5, 0.6) is 0 Å². The van der Waals surface area contributed by atoms with E-state index in [2.05, 4.69) is 29.6 Å². The molecule has 72 valence electrons. The molecule has 1 aromatic carbocycles. The Bertz CT molecular complexity index is 230. The molecule has 0 heterocycles. The first kappa shape index (κ1) is 10.2. The maximum Gasteiger partial charge on any atom is 0.0502 e. The Labute approximate surface area is 79.9 Å². The molecular weight excluding hydrogens is 162 g/mol. The number of hydrogen-bond acceptors (Lipinski definition) is 2. The van der Waals surface area contributed by atoms with Crippen molar-refractivity contribution in [2.75, 3.05) is 20.8 Å². The second kappa shape index (κ2) is 5.73. The number of hydrogen-bond donors (Lipinski definition) is 1. The number of methoxy groups -OCH3 is 1. The van der Waals surface area contributed by atoms with Crippen LogP contribution < -0.4 is 5.32 Å². The van der Waals surface area contributed by atoms with E-state index in [0.717, 1.165) is 19.6 Å². The fourth-order valence-electron chi connectivity index (χ4n) is 1.25. The second-order valence-corrected chi connectivity index (χ2v) is 3.09. The van der Waals surface area contributed by atoms with E-state index in [-0.39, 0.29) is 0 Å². The summed E-state index contributed by atoms with van der Waals surface area (Å²) < 4.78 is 5.01. The van der Waals surface area contributed by atoms with Crippen LogP contribution in [0.2, 0.25) is 0 Å². The van der Waals surface area contributed by atoms with Crippen molar-refractivity contribution in [1.29, 1.82) is 0 Å². The van der Waals surface area contributed by atoms with E-state index in [9.17, 15) is 0 Å². The normalized spacial score (nSPS) is 10.3. The predicted molar refractivity (Wildman–Crippen MR) is 54.8 cm³/mol. The van der Waals surface area contributed by atoms with Gasteiger partial charge in [0.05, 0.1) is 6.61 Å². The van der Waals surface area contributed by atoms with Crippen molar-refractivity contribution < 1.29 is 4.74 Å². The van der Waals surface area contributed by atoms with Gasteiger partial charge in [-0.15, -0.1) is 0 Å². The summed E-state index contributed by atoms with van der Waals surface area (Å²) in [5.41, 5.74) is 2.66. The van der Waals surface area contributed by atoms with Crippen LogP contribution in [0.1, 0.15) is 11.1 Å². The Morgan fingerprint density at radius 2 is 1.77 bits per heavy atom. The second-order valence-electron chi connectivity index (χ2n) is 3.09. The highest BCUT2D eigenvalue weighted by molar-refractivity contribution is 5.22. The van der Waals surface area contributed by atoms with Gasteiger partial charge in [0, 0.05) is 13.7 Å². The predicted octanol–water partition coefficient (Wildman–Crippen LogP) is 1.59. The van der Waals surface area contributed by atoms with Crippen molar-refractivity contribution in [2.24, 2.45) is 0 Å². The molecule has 0 bridgehead atoms. The standard InChI is InChI=1S/C11H17NO/c1-12-9-11-5-3-10(4-6-11)7-8-13-2/h3-6,12H,7-9H2,1-2H3. The highest BCUT2D eigenvalue weighted by atomic mass is 16.5. The number of ether oxygens (including phenoxy) is 1. The fraction of sp³-hybridized carbons (Fsp3) is 0.455. The molecule has 0 fully saturated rings.